The van der Waals surface area contributed by atoms with Crippen molar-refractivity contribution >= 4 is 5.82 Å². The number of anilines is 1. The summed E-state index contributed by atoms with van der Waals surface area (Å²) in [7, 11) is 0. The maximum atomic E-state index is 12.7. The summed E-state index contributed by atoms with van der Waals surface area (Å²) in [6.45, 7) is 1.66. The Hall–Kier alpha value is -2.55. The Morgan fingerprint density at radius 3 is 2.55 bits per heavy atom. The summed E-state index contributed by atoms with van der Waals surface area (Å²) in [4.78, 5) is 3.93. The van der Waals surface area contributed by atoms with Gasteiger partial charge in [-0.15, -0.1) is 0 Å². The maximum Gasteiger partial charge on any atom is 0.416 e. The van der Waals surface area contributed by atoms with Crippen LogP contribution in [0.3, 0.4) is 0 Å². The number of hydrogen-bond acceptors (Lipinski definition) is 3. The van der Waals surface area contributed by atoms with Gasteiger partial charge >= 0.3 is 6.18 Å². The predicted molar refractivity (Wildman–Crippen MR) is 68.5 cm³/mol. The molecule has 0 bridgehead atoms. The van der Waals surface area contributed by atoms with E-state index in [2.05, 4.69) is 4.98 Å². The molecular weight excluding hydrogens is 267 g/mol. The van der Waals surface area contributed by atoms with Gasteiger partial charge in [0, 0.05) is 11.3 Å². The fourth-order valence-electron chi connectivity index (χ4n) is 1.91. The Bertz CT molecular complexity index is 700. The molecule has 20 heavy (non-hydrogen) atoms. The second-order valence-electron chi connectivity index (χ2n) is 4.26. The Morgan fingerprint density at radius 1 is 1.25 bits per heavy atom. The van der Waals surface area contributed by atoms with Crippen molar-refractivity contribution in [1.29, 1.82) is 5.26 Å². The van der Waals surface area contributed by atoms with Crippen LogP contribution >= 0.6 is 0 Å². The molecule has 0 aliphatic carbocycles. The number of pyridine rings is 1. The van der Waals surface area contributed by atoms with Gasteiger partial charge in [-0.05, 0) is 30.7 Å². The third kappa shape index (κ3) is 2.57. The molecule has 1 aromatic carbocycles. The van der Waals surface area contributed by atoms with E-state index in [-0.39, 0.29) is 16.9 Å². The molecule has 0 atom stereocenters. The summed E-state index contributed by atoms with van der Waals surface area (Å²) in [5, 5.41) is 9.09. The van der Waals surface area contributed by atoms with Gasteiger partial charge in [0.25, 0.3) is 0 Å². The molecule has 2 N–H and O–H groups in total. The van der Waals surface area contributed by atoms with Crippen LogP contribution in [0.15, 0.2) is 30.3 Å². The molecule has 0 fully saturated rings. The van der Waals surface area contributed by atoms with E-state index in [1.165, 1.54) is 12.1 Å². The van der Waals surface area contributed by atoms with E-state index in [1.807, 2.05) is 6.07 Å². The molecule has 2 rings (SSSR count). The number of nitriles is 1. The quantitative estimate of drug-likeness (QED) is 0.867. The molecule has 6 heteroatoms. The van der Waals surface area contributed by atoms with E-state index in [9.17, 15) is 13.2 Å². The average Bonchev–Trinajstić information content (AvgIpc) is 2.37. The van der Waals surface area contributed by atoms with Gasteiger partial charge in [0.1, 0.15) is 17.5 Å². The van der Waals surface area contributed by atoms with Crippen LogP contribution in [-0.4, -0.2) is 4.98 Å². The SMILES string of the molecule is Cc1cc(-c2cccc(C(F)(F)F)c2)c(C#N)c(N)n1. The summed E-state index contributed by atoms with van der Waals surface area (Å²) in [5.74, 6) is 0.0138. The van der Waals surface area contributed by atoms with Crippen molar-refractivity contribution in [1.82, 2.24) is 4.98 Å². The number of aryl methyl sites for hydroxylation is 1. The third-order valence-corrected chi connectivity index (χ3v) is 2.79. The topological polar surface area (TPSA) is 62.7 Å². The van der Waals surface area contributed by atoms with E-state index in [0.29, 0.717) is 11.3 Å². The van der Waals surface area contributed by atoms with Gasteiger partial charge in [-0.25, -0.2) is 4.98 Å². The van der Waals surface area contributed by atoms with Crippen LogP contribution in [0, 0.1) is 18.3 Å². The van der Waals surface area contributed by atoms with Crippen LogP contribution in [0.25, 0.3) is 11.1 Å². The lowest BCUT2D eigenvalue weighted by atomic mass is 9.98. The molecule has 2 aromatic rings. The van der Waals surface area contributed by atoms with Crippen molar-refractivity contribution in [3.05, 3.63) is 47.2 Å². The molecule has 3 nitrogen and oxygen atoms in total. The minimum Gasteiger partial charge on any atom is -0.383 e. The average molecular weight is 277 g/mol. The van der Waals surface area contributed by atoms with Crippen LogP contribution in [0.4, 0.5) is 19.0 Å². The number of aromatic nitrogens is 1. The monoisotopic (exact) mass is 277 g/mol. The molecule has 1 aromatic heterocycles. The van der Waals surface area contributed by atoms with Gasteiger partial charge in [0.2, 0.25) is 0 Å². The Labute approximate surface area is 113 Å². The number of halogens is 3. The van der Waals surface area contributed by atoms with E-state index in [4.69, 9.17) is 11.0 Å². The Balaban J connectivity index is 2.67. The first kappa shape index (κ1) is 13.9. The Kier molecular flexibility index (Phi) is 3.36. The molecule has 0 radical (unpaired) electrons. The second kappa shape index (κ2) is 4.85. The zero-order valence-electron chi connectivity index (χ0n) is 10.5. The first-order valence-electron chi connectivity index (χ1n) is 5.68. The number of nitrogens with two attached hydrogens (primary N) is 1. The van der Waals surface area contributed by atoms with Crippen LogP contribution < -0.4 is 5.73 Å². The van der Waals surface area contributed by atoms with Crippen LogP contribution in [0.2, 0.25) is 0 Å². The molecule has 0 aliphatic heterocycles. The lowest BCUT2D eigenvalue weighted by Crippen LogP contribution is -2.05. The van der Waals surface area contributed by atoms with E-state index in [1.54, 1.807) is 13.0 Å². The fourth-order valence-corrected chi connectivity index (χ4v) is 1.91. The second-order valence-corrected chi connectivity index (χ2v) is 4.26. The molecular formula is C14H10F3N3. The highest BCUT2D eigenvalue weighted by atomic mass is 19.4. The van der Waals surface area contributed by atoms with Crippen LogP contribution in [-0.2, 0) is 6.18 Å². The number of benzene rings is 1. The molecule has 0 unspecified atom stereocenters. The van der Waals surface area contributed by atoms with Crippen molar-refractivity contribution in [3.63, 3.8) is 0 Å². The number of hydrogen-bond donors (Lipinski definition) is 1. The predicted octanol–water partition coefficient (Wildman–Crippen LogP) is 3.53. The molecule has 102 valence electrons. The van der Waals surface area contributed by atoms with Gasteiger partial charge in [-0.1, -0.05) is 12.1 Å². The summed E-state index contributed by atoms with van der Waals surface area (Å²) in [6, 6.07) is 8.20. The first-order chi connectivity index (χ1) is 9.32. The zero-order chi connectivity index (χ0) is 14.9. The Morgan fingerprint density at radius 2 is 1.95 bits per heavy atom. The van der Waals surface area contributed by atoms with Gasteiger partial charge in [-0.2, -0.15) is 18.4 Å². The number of alkyl halides is 3. The standard InChI is InChI=1S/C14H10F3N3/c1-8-5-11(12(7-18)13(19)20-8)9-3-2-4-10(6-9)14(15,16)17/h2-6H,1H3,(H2,19,20). The van der Waals surface area contributed by atoms with Crippen molar-refractivity contribution < 1.29 is 13.2 Å². The fraction of sp³-hybridized carbons (Fsp3) is 0.143. The summed E-state index contributed by atoms with van der Waals surface area (Å²) >= 11 is 0. The summed E-state index contributed by atoms with van der Waals surface area (Å²) in [5.41, 5.74) is 6.12. The minimum absolute atomic E-state index is 0.0138. The molecule has 1 heterocycles. The molecule has 0 amide bonds. The highest BCUT2D eigenvalue weighted by molar-refractivity contribution is 5.76. The lowest BCUT2D eigenvalue weighted by Gasteiger charge is -2.11. The highest BCUT2D eigenvalue weighted by Gasteiger charge is 2.30. The first-order valence-corrected chi connectivity index (χ1v) is 5.68. The smallest absolute Gasteiger partial charge is 0.383 e. The number of nitrogens with zero attached hydrogens (tertiary/aromatic N) is 2. The lowest BCUT2D eigenvalue weighted by molar-refractivity contribution is -0.137. The van der Waals surface area contributed by atoms with E-state index >= 15 is 0 Å². The van der Waals surface area contributed by atoms with Gasteiger partial charge in [0.15, 0.2) is 0 Å². The zero-order valence-corrected chi connectivity index (χ0v) is 10.5. The van der Waals surface area contributed by atoms with Crippen LogP contribution in [0.5, 0.6) is 0 Å². The van der Waals surface area contributed by atoms with Crippen molar-refractivity contribution in [3.8, 4) is 17.2 Å². The normalized spacial score (nSPS) is 11.2. The van der Waals surface area contributed by atoms with E-state index < -0.39 is 11.7 Å². The van der Waals surface area contributed by atoms with E-state index in [0.717, 1.165) is 12.1 Å². The minimum atomic E-state index is -4.43. The van der Waals surface area contributed by atoms with Gasteiger partial charge in [0.05, 0.1) is 5.56 Å². The van der Waals surface area contributed by atoms with Crippen molar-refractivity contribution in [2.75, 3.05) is 5.73 Å². The third-order valence-electron chi connectivity index (χ3n) is 2.79. The summed E-state index contributed by atoms with van der Waals surface area (Å²) in [6.07, 6.45) is -4.43. The molecule has 0 aliphatic rings. The van der Waals surface area contributed by atoms with Crippen LogP contribution in [0.1, 0.15) is 16.8 Å². The van der Waals surface area contributed by atoms with Gasteiger partial charge in [-0.3, -0.25) is 0 Å². The molecule has 0 saturated heterocycles. The maximum absolute atomic E-state index is 12.7. The van der Waals surface area contributed by atoms with Gasteiger partial charge < -0.3 is 5.73 Å². The number of rotatable bonds is 1. The van der Waals surface area contributed by atoms with Crippen molar-refractivity contribution in [2.24, 2.45) is 0 Å². The molecule has 0 saturated carbocycles. The number of nitrogen functional groups attached to an aromatic ring is 1. The van der Waals surface area contributed by atoms with Crippen molar-refractivity contribution in [2.45, 2.75) is 13.1 Å². The largest absolute Gasteiger partial charge is 0.416 e. The highest BCUT2D eigenvalue weighted by Crippen LogP contribution is 2.34. The molecule has 0 spiro atoms. The summed E-state index contributed by atoms with van der Waals surface area (Å²) < 4.78 is 38.2.